The van der Waals surface area contributed by atoms with E-state index in [0.717, 1.165) is 12.1 Å². The number of morpholine rings is 1. The molecule has 1 aliphatic heterocycles. The van der Waals surface area contributed by atoms with Crippen LogP contribution in [0, 0.1) is 13.8 Å². The van der Waals surface area contributed by atoms with Crippen LogP contribution >= 0.6 is 0 Å². The van der Waals surface area contributed by atoms with Crippen LogP contribution < -0.4 is 10.2 Å². The molecule has 13 heteroatoms. The molecule has 0 atom stereocenters. The molecule has 1 aliphatic rings. The van der Waals surface area contributed by atoms with E-state index in [1.54, 1.807) is 19.9 Å². The van der Waals surface area contributed by atoms with Crippen molar-refractivity contribution in [3.8, 4) is 0 Å². The number of hydrogen-bond acceptors (Lipinski definition) is 8. The number of carbonyl (C=O) groups excluding carboxylic acids is 2. The molecule has 2 aromatic heterocycles. The number of carbonyl (C=O) groups is 2. The van der Waals surface area contributed by atoms with E-state index in [0.29, 0.717) is 43.4 Å². The van der Waals surface area contributed by atoms with Gasteiger partial charge in [-0.15, -0.1) is 5.10 Å². The maximum Gasteiger partial charge on any atom is 0.416 e. The van der Waals surface area contributed by atoms with Crippen molar-refractivity contribution in [1.29, 1.82) is 0 Å². The molecule has 1 aromatic carbocycles. The molecule has 3 aromatic rings. The molecule has 0 aliphatic carbocycles. The lowest BCUT2D eigenvalue weighted by molar-refractivity contribution is -0.137. The molecule has 0 radical (unpaired) electrons. The fraction of sp³-hybridized carbons (Fsp3) is 0.381. The molecular weight excluding hydrogens is 457 g/mol. The SMILES string of the molecule is Cc1cc(C)n2nc(C(=O)OCC(=O)Nc3cc(C(F)(F)F)ccc3N3CCOCC3)nc2n1. The van der Waals surface area contributed by atoms with E-state index in [1.165, 1.54) is 10.6 Å². The first kappa shape index (κ1) is 23.4. The summed E-state index contributed by atoms with van der Waals surface area (Å²) in [6.07, 6.45) is -4.59. The third-order valence-electron chi connectivity index (χ3n) is 5.08. The second-order valence-electron chi connectivity index (χ2n) is 7.64. The maximum atomic E-state index is 13.2. The first-order valence-corrected chi connectivity index (χ1v) is 10.3. The zero-order chi connectivity index (χ0) is 24.5. The summed E-state index contributed by atoms with van der Waals surface area (Å²) < 4.78 is 51.3. The van der Waals surface area contributed by atoms with Gasteiger partial charge in [0.1, 0.15) is 0 Å². The van der Waals surface area contributed by atoms with Crippen LogP contribution in [0.1, 0.15) is 27.6 Å². The minimum absolute atomic E-state index is 0.0427. The molecule has 1 amide bonds. The molecule has 4 rings (SSSR count). The third kappa shape index (κ3) is 5.09. The number of ether oxygens (including phenoxy) is 2. The van der Waals surface area contributed by atoms with Gasteiger partial charge in [-0.3, -0.25) is 4.79 Å². The highest BCUT2D eigenvalue weighted by Crippen LogP contribution is 2.35. The third-order valence-corrected chi connectivity index (χ3v) is 5.08. The Morgan fingerprint density at radius 3 is 2.59 bits per heavy atom. The lowest BCUT2D eigenvalue weighted by Crippen LogP contribution is -2.37. The van der Waals surface area contributed by atoms with E-state index >= 15 is 0 Å². The topological polar surface area (TPSA) is 111 Å². The summed E-state index contributed by atoms with van der Waals surface area (Å²) in [6, 6.07) is 4.86. The molecule has 0 unspecified atom stereocenters. The van der Waals surface area contributed by atoms with Crippen LogP contribution in [-0.2, 0) is 20.4 Å². The molecule has 1 fully saturated rings. The molecule has 0 bridgehead atoms. The number of rotatable bonds is 5. The molecule has 10 nitrogen and oxygen atoms in total. The van der Waals surface area contributed by atoms with Gasteiger partial charge in [0.05, 0.1) is 30.2 Å². The minimum atomic E-state index is -4.59. The lowest BCUT2D eigenvalue weighted by atomic mass is 10.1. The number of anilines is 2. The Kier molecular flexibility index (Phi) is 6.37. The zero-order valence-electron chi connectivity index (χ0n) is 18.3. The van der Waals surface area contributed by atoms with Crippen molar-refractivity contribution < 1.29 is 32.2 Å². The van der Waals surface area contributed by atoms with E-state index in [4.69, 9.17) is 9.47 Å². The number of halogens is 3. The van der Waals surface area contributed by atoms with Gasteiger partial charge in [-0.25, -0.2) is 14.3 Å². The normalized spacial score (nSPS) is 14.3. The van der Waals surface area contributed by atoms with E-state index < -0.39 is 30.2 Å². The molecule has 1 saturated heterocycles. The highest BCUT2D eigenvalue weighted by molar-refractivity contribution is 5.97. The van der Waals surface area contributed by atoms with Gasteiger partial charge < -0.3 is 19.7 Å². The average molecular weight is 478 g/mol. The fourth-order valence-electron chi connectivity index (χ4n) is 3.53. The number of hydrogen-bond donors (Lipinski definition) is 1. The molecule has 34 heavy (non-hydrogen) atoms. The minimum Gasteiger partial charge on any atom is -0.450 e. The van der Waals surface area contributed by atoms with E-state index in [-0.39, 0.29) is 17.3 Å². The Hall–Kier alpha value is -3.74. The molecule has 0 saturated carbocycles. The predicted octanol–water partition coefficient (Wildman–Crippen LogP) is 2.39. The van der Waals surface area contributed by atoms with Crippen molar-refractivity contribution in [2.24, 2.45) is 0 Å². The van der Waals surface area contributed by atoms with Crippen LogP contribution in [0.2, 0.25) is 0 Å². The number of benzene rings is 1. The van der Waals surface area contributed by atoms with Crippen LogP contribution in [0.4, 0.5) is 24.5 Å². The summed E-state index contributed by atoms with van der Waals surface area (Å²) in [5.74, 6) is -1.86. The van der Waals surface area contributed by atoms with Gasteiger partial charge in [-0.1, -0.05) is 0 Å². The van der Waals surface area contributed by atoms with Crippen molar-refractivity contribution in [2.75, 3.05) is 43.1 Å². The first-order chi connectivity index (χ1) is 16.1. The van der Waals surface area contributed by atoms with Crippen molar-refractivity contribution in [1.82, 2.24) is 19.6 Å². The second kappa shape index (κ2) is 9.25. The fourth-order valence-corrected chi connectivity index (χ4v) is 3.53. The quantitative estimate of drug-likeness (QED) is 0.557. The number of nitrogens with zero attached hydrogens (tertiary/aromatic N) is 5. The predicted molar refractivity (Wildman–Crippen MR) is 114 cm³/mol. The monoisotopic (exact) mass is 478 g/mol. The summed E-state index contributed by atoms with van der Waals surface area (Å²) in [5.41, 5.74) is 0.846. The Labute approximate surface area is 191 Å². The number of amides is 1. The van der Waals surface area contributed by atoms with Crippen molar-refractivity contribution in [2.45, 2.75) is 20.0 Å². The Morgan fingerprint density at radius 1 is 1.15 bits per heavy atom. The van der Waals surface area contributed by atoms with Gasteiger partial charge in [-0.2, -0.15) is 18.2 Å². The summed E-state index contributed by atoms with van der Waals surface area (Å²) in [7, 11) is 0. The van der Waals surface area contributed by atoms with E-state index in [2.05, 4.69) is 20.4 Å². The molecule has 1 N–H and O–H groups in total. The van der Waals surface area contributed by atoms with E-state index in [1.807, 2.05) is 4.90 Å². The highest BCUT2D eigenvalue weighted by Gasteiger charge is 2.32. The number of fused-ring (bicyclic) bond motifs is 1. The van der Waals surface area contributed by atoms with Crippen molar-refractivity contribution in [3.05, 3.63) is 47.0 Å². The van der Waals surface area contributed by atoms with Gasteiger partial charge >= 0.3 is 12.1 Å². The number of aryl methyl sites for hydroxylation is 2. The summed E-state index contributed by atoms with van der Waals surface area (Å²) >= 11 is 0. The number of esters is 1. The summed E-state index contributed by atoms with van der Waals surface area (Å²) in [4.78, 5) is 34.8. The summed E-state index contributed by atoms with van der Waals surface area (Å²) in [5, 5.41) is 6.44. The number of alkyl halides is 3. The molecule has 180 valence electrons. The van der Waals surface area contributed by atoms with Gasteiger partial charge in [0.25, 0.3) is 17.5 Å². The van der Waals surface area contributed by atoms with Crippen LogP contribution in [0.5, 0.6) is 0 Å². The molecule has 0 spiro atoms. The Morgan fingerprint density at radius 2 is 1.88 bits per heavy atom. The van der Waals surface area contributed by atoms with Crippen molar-refractivity contribution in [3.63, 3.8) is 0 Å². The smallest absolute Gasteiger partial charge is 0.416 e. The zero-order valence-corrected chi connectivity index (χ0v) is 18.3. The second-order valence-corrected chi connectivity index (χ2v) is 7.64. The average Bonchev–Trinajstić information content (AvgIpc) is 3.22. The Bertz CT molecular complexity index is 1240. The number of aromatic nitrogens is 4. The van der Waals surface area contributed by atoms with Crippen LogP contribution in [0.3, 0.4) is 0 Å². The molecular formula is C21H21F3N6O4. The first-order valence-electron chi connectivity index (χ1n) is 10.3. The van der Waals surface area contributed by atoms with Gasteiger partial charge in [0, 0.05) is 24.5 Å². The van der Waals surface area contributed by atoms with Crippen LogP contribution in [-0.4, -0.2) is 64.4 Å². The Balaban J connectivity index is 1.47. The largest absolute Gasteiger partial charge is 0.450 e. The maximum absolute atomic E-state index is 13.2. The summed E-state index contributed by atoms with van der Waals surface area (Å²) in [6.45, 7) is 4.52. The van der Waals surface area contributed by atoms with E-state index in [9.17, 15) is 22.8 Å². The molecule has 3 heterocycles. The van der Waals surface area contributed by atoms with Crippen LogP contribution in [0.15, 0.2) is 24.3 Å². The lowest BCUT2D eigenvalue weighted by Gasteiger charge is -2.31. The number of nitrogens with one attached hydrogen (secondary N) is 1. The highest BCUT2D eigenvalue weighted by atomic mass is 19.4. The van der Waals surface area contributed by atoms with Gasteiger partial charge in [0.15, 0.2) is 6.61 Å². The van der Waals surface area contributed by atoms with Gasteiger partial charge in [0.2, 0.25) is 0 Å². The van der Waals surface area contributed by atoms with Gasteiger partial charge in [-0.05, 0) is 38.1 Å². The standard InChI is InChI=1S/C21H21F3N6O4/c1-12-9-13(2)30-20(25-12)27-18(28-30)19(32)34-11-17(31)26-15-10-14(21(22,23)24)3-4-16(15)29-5-7-33-8-6-29/h3-4,9-10H,5-8,11H2,1-2H3,(H,26,31). The van der Waals surface area contributed by atoms with Crippen molar-refractivity contribution >= 4 is 29.0 Å². The van der Waals surface area contributed by atoms with Crippen LogP contribution in [0.25, 0.3) is 5.78 Å².